The summed E-state index contributed by atoms with van der Waals surface area (Å²) in [5.74, 6) is 0. The van der Waals surface area contributed by atoms with Gasteiger partial charge in [-0.3, -0.25) is 4.98 Å². The lowest BCUT2D eigenvalue weighted by Crippen LogP contribution is -1.85. The molecular formula is C16H23NO2. The molecule has 0 radical (unpaired) electrons. The van der Waals surface area contributed by atoms with Gasteiger partial charge < -0.3 is 9.59 Å². The molecule has 0 spiro atoms. The molecule has 1 aliphatic carbocycles. The van der Waals surface area contributed by atoms with E-state index in [9.17, 15) is 0 Å². The zero-order chi connectivity index (χ0) is 15.1. The predicted molar refractivity (Wildman–Crippen MR) is 80.8 cm³/mol. The quantitative estimate of drug-likeness (QED) is 0.771. The summed E-state index contributed by atoms with van der Waals surface area (Å²) >= 11 is 0. The van der Waals surface area contributed by atoms with Gasteiger partial charge in [0.1, 0.15) is 13.6 Å². The topological polar surface area (TPSA) is 47.0 Å². The van der Waals surface area contributed by atoms with Crippen molar-refractivity contribution in [2.45, 2.75) is 33.6 Å². The monoisotopic (exact) mass is 261 g/mol. The van der Waals surface area contributed by atoms with E-state index in [0.29, 0.717) is 0 Å². The summed E-state index contributed by atoms with van der Waals surface area (Å²) < 4.78 is 0. The van der Waals surface area contributed by atoms with Crippen LogP contribution in [-0.2, 0) is 9.59 Å². The van der Waals surface area contributed by atoms with Crippen LogP contribution in [0.2, 0.25) is 0 Å². The van der Waals surface area contributed by atoms with E-state index in [2.05, 4.69) is 44.0 Å². The molecule has 1 aromatic rings. The molecule has 2 rings (SSSR count). The van der Waals surface area contributed by atoms with Gasteiger partial charge in [-0.2, -0.15) is 0 Å². The lowest BCUT2D eigenvalue weighted by Gasteiger charge is -2.00. The summed E-state index contributed by atoms with van der Waals surface area (Å²) in [6.45, 7) is 10.4. The molecule has 104 valence electrons. The molecule has 0 bridgehead atoms. The van der Waals surface area contributed by atoms with Crippen LogP contribution in [0.4, 0.5) is 0 Å². The van der Waals surface area contributed by atoms with E-state index in [4.69, 9.17) is 9.59 Å². The Morgan fingerprint density at radius 1 is 1.11 bits per heavy atom. The summed E-state index contributed by atoms with van der Waals surface area (Å²) in [6, 6.07) is 6.02. The van der Waals surface area contributed by atoms with E-state index in [1.165, 1.54) is 17.6 Å². The molecule has 0 amide bonds. The second kappa shape index (κ2) is 14.0. The Labute approximate surface area is 116 Å². The SMILES string of the molecule is C=O.C=O.CC1=CC=C(c2ccccn2)C1.CCC. The molecule has 0 unspecified atom stereocenters. The fraction of sp³-hybridized carbons (Fsp3) is 0.312. The zero-order valence-corrected chi connectivity index (χ0v) is 12.1. The fourth-order valence-electron chi connectivity index (χ4n) is 1.39. The maximum Gasteiger partial charge on any atom is 0.106 e. The average Bonchev–Trinajstić information content (AvgIpc) is 2.92. The van der Waals surface area contributed by atoms with Crippen molar-refractivity contribution in [1.82, 2.24) is 4.98 Å². The normalized spacial score (nSPS) is 11.3. The first-order chi connectivity index (χ1) is 9.27. The second-order valence-corrected chi connectivity index (χ2v) is 3.80. The van der Waals surface area contributed by atoms with Crippen molar-refractivity contribution in [3.8, 4) is 0 Å². The third-order valence-electron chi connectivity index (χ3n) is 2.03. The Morgan fingerprint density at radius 3 is 2.05 bits per heavy atom. The first-order valence-corrected chi connectivity index (χ1v) is 6.13. The maximum absolute atomic E-state index is 8.00. The molecule has 1 aromatic heterocycles. The highest BCUT2D eigenvalue weighted by Crippen LogP contribution is 2.25. The van der Waals surface area contributed by atoms with Gasteiger partial charge in [-0.05, 0) is 31.1 Å². The number of allylic oxidation sites excluding steroid dienone is 4. The summed E-state index contributed by atoms with van der Waals surface area (Å²) in [6.07, 6.45) is 8.45. The van der Waals surface area contributed by atoms with Crippen molar-refractivity contribution < 1.29 is 9.59 Å². The summed E-state index contributed by atoms with van der Waals surface area (Å²) in [5, 5.41) is 0. The minimum Gasteiger partial charge on any atom is -0.307 e. The lowest BCUT2D eigenvalue weighted by molar-refractivity contribution is -0.0987. The number of nitrogens with zero attached hydrogens (tertiary/aromatic N) is 1. The lowest BCUT2D eigenvalue weighted by atomic mass is 10.1. The van der Waals surface area contributed by atoms with Gasteiger partial charge >= 0.3 is 0 Å². The van der Waals surface area contributed by atoms with Gasteiger partial charge in [-0.1, -0.05) is 44.1 Å². The molecule has 19 heavy (non-hydrogen) atoms. The van der Waals surface area contributed by atoms with Crippen LogP contribution in [-0.4, -0.2) is 18.6 Å². The molecule has 0 fully saturated rings. The highest BCUT2D eigenvalue weighted by atomic mass is 16.1. The average molecular weight is 261 g/mol. The van der Waals surface area contributed by atoms with Crippen molar-refractivity contribution >= 4 is 19.2 Å². The molecular weight excluding hydrogens is 238 g/mol. The first kappa shape index (κ1) is 19.3. The van der Waals surface area contributed by atoms with E-state index in [0.717, 1.165) is 12.1 Å². The van der Waals surface area contributed by atoms with Gasteiger partial charge in [0.05, 0.1) is 5.69 Å². The smallest absolute Gasteiger partial charge is 0.106 e. The Balaban J connectivity index is 0. The Kier molecular flexibility index (Phi) is 14.3. The minimum atomic E-state index is 1.05. The molecule has 0 aromatic carbocycles. The molecule has 0 atom stereocenters. The van der Waals surface area contributed by atoms with Crippen LogP contribution >= 0.6 is 0 Å². The number of hydrogen-bond acceptors (Lipinski definition) is 3. The van der Waals surface area contributed by atoms with Gasteiger partial charge in [0.2, 0.25) is 0 Å². The van der Waals surface area contributed by atoms with Crippen LogP contribution in [0.5, 0.6) is 0 Å². The number of rotatable bonds is 1. The number of carbonyl (C=O) groups is 2. The minimum absolute atomic E-state index is 1.05. The van der Waals surface area contributed by atoms with E-state index in [-0.39, 0.29) is 0 Å². The summed E-state index contributed by atoms with van der Waals surface area (Å²) in [5.41, 5.74) is 3.84. The highest BCUT2D eigenvalue weighted by molar-refractivity contribution is 5.69. The molecule has 0 saturated heterocycles. The fourth-order valence-corrected chi connectivity index (χ4v) is 1.39. The van der Waals surface area contributed by atoms with Gasteiger partial charge in [0, 0.05) is 6.20 Å². The van der Waals surface area contributed by atoms with E-state index >= 15 is 0 Å². The molecule has 1 aliphatic rings. The van der Waals surface area contributed by atoms with Crippen LogP contribution < -0.4 is 0 Å². The second-order valence-electron chi connectivity index (χ2n) is 3.80. The van der Waals surface area contributed by atoms with Gasteiger partial charge in [0.15, 0.2) is 0 Å². The van der Waals surface area contributed by atoms with Crippen LogP contribution in [0.15, 0.2) is 42.1 Å². The van der Waals surface area contributed by atoms with Crippen molar-refractivity contribution in [3.63, 3.8) is 0 Å². The summed E-state index contributed by atoms with van der Waals surface area (Å²) in [4.78, 5) is 20.3. The molecule has 3 heteroatoms. The van der Waals surface area contributed by atoms with E-state index in [1.807, 2.05) is 31.9 Å². The number of carbonyl (C=O) groups excluding carboxylic acids is 2. The van der Waals surface area contributed by atoms with E-state index < -0.39 is 0 Å². The van der Waals surface area contributed by atoms with Gasteiger partial charge in [0.25, 0.3) is 0 Å². The maximum atomic E-state index is 8.00. The number of aromatic nitrogens is 1. The molecule has 0 N–H and O–H groups in total. The number of pyridine rings is 1. The van der Waals surface area contributed by atoms with Crippen LogP contribution in [0, 0.1) is 0 Å². The van der Waals surface area contributed by atoms with Crippen LogP contribution in [0.25, 0.3) is 5.57 Å². The Hall–Kier alpha value is -2.03. The van der Waals surface area contributed by atoms with Crippen molar-refractivity contribution in [2.75, 3.05) is 0 Å². The highest BCUT2D eigenvalue weighted by Gasteiger charge is 2.06. The third-order valence-corrected chi connectivity index (χ3v) is 2.03. The summed E-state index contributed by atoms with van der Waals surface area (Å²) in [7, 11) is 0. The molecule has 3 nitrogen and oxygen atoms in total. The van der Waals surface area contributed by atoms with Gasteiger partial charge in [-0.15, -0.1) is 0 Å². The van der Waals surface area contributed by atoms with Crippen molar-refractivity contribution in [1.29, 1.82) is 0 Å². The molecule has 1 heterocycles. The Bertz CT molecular complexity index is 381. The Morgan fingerprint density at radius 2 is 1.68 bits per heavy atom. The van der Waals surface area contributed by atoms with Crippen molar-refractivity contribution in [2.24, 2.45) is 0 Å². The number of hydrogen-bond donors (Lipinski definition) is 0. The van der Waals surface area contributed by atoms with Crippen LogP contribution in [0.1, 0.15) is 39.3 Å². The molecule has 0 aliphatic heterocycles. The van der Waals surface area contributed by atoms with E-state index in [1.54, 1.807) is 0 Å². The largest absolute Gasteiger partial charge is 0.307 e. The molecule has 0 saturated carbocycles. The first-order valence-electron chi connectivity index (χ1n) is 6.13. The standard InChI is InChI=1S/C11H11N.C3H8.2CH2O/c1-9-5-6-10(8-9)11-4-2-3-7-12-11;1-3-2;2*1-2/h2-7H,8H2,1H3;3H2,1-2H3;2*1H2. The van der Waals surface area contributed by atoms with Crippen LogP contribution in [0.3, 0.4) is 0 Å². The zero-order valence-electron chi connectivity index (χ0n) is 12.1. The predicted octanol–water partition coefficient (Wildman–Crippen LogP) is 3.86. The van der Waals surface area contributed by atoms with Crippen molar-refractivity contribution in [3.05, 3.63) is 47.8 Å². The third kappa shape index (κ3) is 8.66. The van der Waals surface area contributed by atoms with Gasteiger partial charge in [-0.25, -0.2) is 0 Å².